The molecule has 0 bridgehead atoms. The van der Waals surface area contributed by atoms with Gasteiger partial charge < -0.3 is 0 Å². The number of H-pyrrole nitrogens is 1. The van der Waals surface area contributed by atoms with Crippen LogP contribution < -0.4 is 10.5 Å². The molecule has 0 aliphatic heterocycles. The molecule has 1 N–H and O–H groups in total. The van der Waals surface area contributed by atoms with Crippen molar-refractivity contribution < 1.29 is 4.79 Å². The van der Waals surface area contributed by atoms with E-state index in [1.807, 2.05) is 19.1 Å². The van der Waals surface area contributed by atoms with Gasteiger partial charge in [0.1, 0.15) is 15.7 Å². The van der Waals surface area contributed by atoms with Crippen molar-refractivity contribution in [3.05, 3.63) is 58.4 Å². The fourth-order valence-corrected chi connectivity index (χ4v) is 3.06. The van der Waals surface area contributed by atoms with E-state index in [4.69, 9.17) is 0 Å². The minimum atomic E-state index is -0.350. The van der Waals surface area contributed by atoms with Crippen LogP contribution >= 0.6 is 11.3 Å². The monoisotopic (exact) mass is 343 g/mol. The Morgan fingerprint density at radius 2 is 2.08 bits per heavy atom. The van der Waals surface area contributed by atoms with Gasteiger partial charge in [-0.25, -0.2) is 10.1 Å². The molecule has 0 atom stereocenters. The Balaban J connectivity index is 0.00000208. The highest BCUT2D eigenvalue weighted by atomic mass is 32.1. The number of pyridine rings is 1. The number of carbonyl (C=O) groups is 1. The highest BCUT2D eigenvalue weighted by Crippen LogP contribution is 2.33. The van der Waals surface area contributed by atoms with Gasteiger partial charge in [0.15, 0.2) is 0 Å². The molecule has 3 aromatic heterocycles. The average molecular weight is 343 g/mol. The third-order valence-corrected chi connectivity index (χ3v) is 4.47. The van der Waals surface area contributed by atoms with Gasteiger partial charge in [0, 0.05) is 31.1 Å². The van der Waals surface area contributed by atoms with Crippen molar-refractivity contribution in [1.29, 1.82) is 0 Å². The lowest BCUT2D eigenvalue weighted by Gasteiger charge is -2.14. The van der Waals surface area contributed by atoms with Crippen LogP contribution in [0.15, 0.2) is 41.5 Å². The number of aromatic amines is 1. The van der Waals surface area contributed by atoms with E-state index in [9.17, 15) is 9.59 Å². The van der Waals surface area contributed by atoms with Gasteiger partial charge in [0.2, 0.25) is 0 Å². The molecule has 0 saturated carbocycles. The lowest BCUT2D eigenvalue weighted by atomic mass is 10.3. The molecule has 0 radical (unpaired) electrons. The molecule has 1 amide bonds. The SMILES string of the molecule is C.Cc1nc(-c2cccnc2)sc1N(C)C(=O)c1ccc(=O)[nH]n1. The van der Waals surface area contributed by atoms with Crippen LogP contribution in [0.4, 0.5) is 5.00 Å². The summed E-state index contributed by atoms with van der Waals surface area (Å²) in [6.07, 6.45) is 3.43. The standard InChI is InChI=1S/C15H13N5O2S.CH4/c1-9-15(23-13(17-9)10-4-3-7-16-8-10)20(2)14(22)11-5-6-12(21)19-18-11;/h3-8H,1-2H3,(H,19,21);1H4. The molecular weight excluding hydrogens is 326 g/mol. The van der Waals surface area contributed by atoms with Crippen molar-refractivity contribution in [2.45, 2.75) is 14.4 Å². The summed E-state index contributed by atoms with van der Waals surface area (Å²) in [7, 11) is 1.66. The van der Waals surface area contributed by atoms with E-state index in [2.05, 4.69) is 20.2 Å². The molecule has 8 heteroatoms. The number of aryl methyl sites for hydroxylation is 1. The highest BCUT2D eigenvalue weighted by molar-refractivity contribution is 7.19. The van der Waals surface area contributed by atoms with E-state index >= 15 is 0 Å². The number of nitrogens with one attached hydrogen (secondary N) is 1. The second-order valence-corrected chi connectivity index (χ2v) is 5.80. The Bertz CT molecular complexity index is 884. The van der Waals surface area contributed by atoms with Gasteiger partial charge >= 0.3 is 0 Å². The van der Waals surface area contributed by atoms with Crippen molar-refractivity contribution in [3.63, 3.8) is 0 Å². The van der Waals surface area contributed by atoms with Crippen molar-refractivity contribution >= 4 is 22.2 Å². The molecule has 3 heterocycles. The molecule has 7 nitrogen and oxygen atoms in total. The van der Waals surface area contributed by atoms with E-state index in [1.165, 1.54) is 28.4 Å². The van der Waals surface area contributed by atoms with Crippen molar-refractivity contribution in [1.82, 2.24) is 20.2 Å². The number of hydrogen-bond donors (Lipinski definition) is 1. The smallest absolute Gasteiger partial charge is 0.279 e. The number of hydrogen-bond acceptors (Lipinski definition) is 6. The van der Waals surface area contributed by atoms with Crippen LogP contribution in [0.1, 0.15) is 23.6 Å². The minimum Gasteiger partial charge on any atom is -0.300 e. The van der Waals surface area contributed by atoms with Gasteiger partial charge in [-0.05, 0) is 25.1 Å². The molecule has 0 aliphatic carbocycles. The number of nitrogens with zero attached hydrogens (tertiary/aromatic N) is 4. The maximum atomic E-state index is 12.5. The van der Waals surface area contributed by atoms with E-state index in [-0.39, 0.29) is 24.6 Å². The van der Waals surface area contributed by atoms with E-state index < -0.39 is 0 Å². The Morgan fingerprint density at radius 1 is 1.29 bits per heavy atom. The molecule has 3 aromatic rings. The van der Waals surface area contributed by atoms with Gasteiger partial charge in [-0.15, -0.1) is 0 Å². The van der Waals surface area contributed by atoms with Crippen molar-refractivity contribution in [2.24, 2.45) is 0 Å². The van der Waals surface area contributed by atoms with Crippen LogP contribution in [-0.2, 0) is 0 Å². The highest BCUT2D eigenvalue weighted by Gasteiger charge is 2.20. The lowest BCUT2D eigenvalue weighted by Crippen LogP contribution is -2.28. The number of carbonyl (C=O) groups excluding carboxylic acids is 1. The molecule has 0 spiro atoms. The minimum absolute atomic E-state index is 0. The first-order chi connectivity index (χ1) is 11.1. The van der Waals surface area contributed by atoms with E-state index in [0.717, 1.165) is 21.3 Å². The summed E-state index contributed by atoms with van der Waals surface area (Å²) in [6.45, 7) is 1.84. The molecule has 124 valence electrons. The summed E-state index contributed by atoms with van der Waals surface area (Å²) in [6, 6.07) is 6.43. The number of aromatic nitrogens is 4. The fourth-order valence-electron chi connectivity index (χ4n) is 2.04. The first-order valence-corrected chi connectivity index (χ1v) is 7.59. The number of thiazole rings is 1. The average Bonchev–Trinajstić information content (AvgIpc) is 2.97. The van der Waals surface area contributed by atoms with Crippen LogP contribution in [0.2, 0.25) is 0 Å². The predicted octanol–water partition coefficient (Wildman–Crippen LogP) is 2.51. The molecule has 24 heavy (non-hydrogen) atoms. The number of amides is 1. The van der Waals surface area contributed by atoms with Gasteiger partial charge in [-0.1, -0.05) is 18.8 Å². The van der Waals surface area contributed by atoms with E-state index in [0.29, 0.717) is 0 Å². The summed E-state index contributed by atoms with van der Waals surface area (Å²) < 4.78 is 0. The summed E-state index contributed by atoms with van der Waals surface area (Å²) in [5.74, 6) is -0.314. The number of anilines is 1. The predicted molar refractivity (Wildman–Crippen MR) is 94.4 cm³/mol. The zero-order valence-corrected chi connectivity index (χ0v) is 13.3. The maximum absolute atomic E-state index is 12.5. The van der Waals surface area contributed by atoms with Crippen molar-refractivity contribution in [3.8, 4) is 10.6 Å². The lowest BCUT2D eigenvalue weighted by molar-refractivity contribution is 0.0987. The summed E-state index contributed by atoms with van der Waals surface area (Å²) in [5, 5.41) is 7.54. The third-order valence-electron chi connectivity index (χ3n) is 3.19. The third kappa shape index (κ3) is 3.38. The quantitative estimate of drug-likeness (QED) is 0.789. The molecule has 0 fully saturated rings. The molecule has 0 unspecified atom stereocenters. The van der Waals surface area contributed by atoms with Crippen LogP contribution in [0.3, 0.4) is 0 Å². The molecule has 3 rings (SSSR count). The normalized spacial score (nSPS) is 10.1. The summed E-state index contributed by atoms with van der Waals surface area (Å²) >= 11 is 1.40. The topological polar surface area (TPSA) is 91.8 Å². The summed E-state index contributed by atoms with van der Waals surface area (Å²) in [5.41, 5.74) is 1.46. The second-order valence-electron chi connectivity index (χ2n) is 4.82. The second kappa shape index (κ2) is 7.14. The van der Waals surface area contributed by atoms with Gasteiger partial charge in [-0.2, -0.15) is 5.10 Å². The van der Waals surface area contributed by atoms with Gasteiger partial charge in [0.25, 0.3) is 11.5 Å². The molecule has 0 aliphatic rings. The number of rotatable bonds is 3. The fraction of sp³-hybridized carbons (Fsp3) is 0.188. The Hall–Kier alpha value is -2.87. The van der Waals surface area contributed by atoms with Gasteiger partial charge in [-0.3, -0.25) is 19.5 Å². The first-order valence-electron chi connectivity index (χ1n) is 6.78. The maximum Gasteiger partial charge on any atom is 0.279 e. The largest absolute Gasteiger partial charge is 0.300 e. The Morgan fingerprint density at radius 3 is 2.71 bits per heavy atom. The molecule has 0 aromatic carbocycles. The molecule has 0 saturated heterocycles. The van der Waals surface area contributed by atoms with Crippen LogP contribution in [0, 0.1) is 6.92 Å². The van der Waals surface area contributed by atoms with Crippen molar-refractivity contribution in [2.75, 3.05) is 11.9 Å². The Labute approximate surface area is 143 Å². The van der Waals surface area contributed by atoms with E-state index in [1.54, 1.807) is 19.4 Å². The zero-order chi connectivity index (χ0) is 16.4. The van der Waals surface area contributed by atoms with Crippen LogP contribution in [0.5, 0.6) is 0 Å². The zero-order valence-electron chi connectivity index (χ0n) is 12.5. The Kier molecular flexibility index (Phi) is 5.20. The van der Waals surface area contributed by atoms with Crippen LogP contribution in [-0.4, -0.2) is 33.1 Å². The van der Waals surface area contributed by atoms with Gasteiger partial charge in [0.05, 0.1) is 5.69 Å². The van der Waals surface area contributed by atoms with Crippen LogP contribution in [0.25, 0.3) is 10.6 Å². The summed E-state index contributed by atoms with van der Waals surface area (Å²) in [4.78, 5) is 33.6. The molecular formula is C16H17N5O2S. The first kappa shape index (κ1) is 17.5.